The molecule has 4 nitrogen and oxygen atoms in total. The largest absolute Gasteiger partial charge is 0.392 e. The van der Waals surface area contributed by atoms with Crippen LogP contribution >= 0.6 is 0 Å². The highest BCUT2D eigenvalue weighted by molar-refractivity contribution is 7.93. The number of benzene rings is 1. The number of sulfonamides is 1. The molecule has 21 heavy (non-hydrogen) atoms. The van der Waals surface area contributed by atoms with Crippen molar-refractivity contribution in [1.29, 1.82) is 0 Å². The number of hydrogen-bond donors (Lipinski definition) is 2. The fraction of sp³-hybridized carbons (Fsp3) is 0.600. The van der Waals surface area contributed by atoms with E-state index >= 15 is 0 Å². The molecule has 0 atom stereocenters. The van der Waals surface area contributed by atoms with E-state index in [1.54, 1.807) is 0 Å². The van der Waals surface area contributed by atoms with Crippen molar-refractivity contribution in [1.82, 2.24) is 0 Å². The molecule has 0 amide bonds. The molecule has 0 saturated heterocycles. The predicted molar refractivity (Wildman–Crippen MR) is 80.9 cm³/mol. The summed E-state index contributed by atoms with van der Waals surface area (Å²) in [5, 5.41) is 8.71. The Morgan fingerprint density at radius 1 is 1.33 bits per heavy atom. The predicted octanol–water partition coefficient (Wildman–Crippen LogP) is 3.03. The van der Waals surface area contributed by atoms with Crippen LogP contribution in [0.1, 0.15) is 45.1 Å². The van der Waals surface area contributed by atoms with Gasteiger partial charge in [-0.05, 0) is 37.2 Å². The maximum Gasteiger partial charge on any atom is 0.235 e. The van der Waals surface area contributed by atoms with Crippen LogP contribution in [0.2, 0.25) is 0 Å². The summed E-state index contributed by atoms with van der Waals surface area (Å²) in [5.41, 5.74) is 0.278. The lowest BCUT2D eigenvalue weighted by atomic mass is 9.77. The quantitative estimate of drug-likeness (QED) is 0.897. The Balaban J connectivity index is 2.19. The molecule has 118 valence electrons. The maximum absolute atomic E-state index is 13.8. The molecule has 0 heterocycles. The van der Waals surface area contributed by atoms with Crippen LogP contribution in [0.25, 0.3) is 0 Å². The van der Waals surface area contributed by atoms with E-state index < -0.39 is 27.7 Å². The third-order valence-electron chi connectivity index (χ3n) is 4.24. The fourth-order valence-electron chi connectivity index (χ4n) is 2.72. The third-order valence-corrected chi connectivity index (χ3v) is 6.08. The van der Waals surface area contributed by atoms with E-state index in [0.29, 0.717) is 12.8 Å². The average Bonchev–Trinajstić information content (AvgIpc) is 2.40. The minimum atomic E-state index is -3.64. The zero-order chi connectivity index (χ0) is 15.7. The molecule has 0 radical (unpaired) electrons. The molecule has 1 saturated carbocycles. The second-order valence-electron chi connectivity index (χ2n) is 6.44. The van der Waals surface area contributed by atoms with Crippen molar-refractivity contribution in [3.63, 3.8) is 0 Å². The van der Waals surface area contributed by atoms with Crippen LogP contribution in [-0.2, 0) is 16.6 Å². The summed E-state index contributed by atoms with van der Waals surface area (Å²) in [6.07, 6.45) is 2.82. The fourth-order valence-corrected chi connectivity index (χ4v) is 4.26. The lowest BCUT2D eigenvalue weighted by Gasteiger charge is -2.34. The Kier molecular flexibility index (Phi) is 4.58. The zero-order valence-electron chi connectivity index (χ0n) is 12.4. The Bertz CT molecular complexity index is 603. The molecule has 1 aliphatic rings. The minimum Gasteiger partial charge on any atom is -0.392 e. The molecule has 1 aromatic rings. The SMILES string of the molecule is CC1(C)CCC(S(=O)(=O)Nc2c(F)cccc2CO)CC1. The first-order chi connectivity index (χ1) is 9.75. The Morgan fingerprint density at radius 2 is 1.95 bits per heavy atom. The van der Waals surface area contributed by atoms with Gasteiger partial charge in [0.05, 0.1) is 17.5 Å². The molecule has 0 bridgehead atoms. The van der Waals surface area contributed by atoms with Crippen LogP contribution in [0.15, 0.2) is 18.2 Å². The number of hydrogen-bond acceptors (Lipinski definition) is 3. The Hall–Kier alpha value is -1.14. The maximum atomic E-state index is 13.8. The number of aliphatic hydroxyl groups excluding tert-OH is 1. The van der Waals surface area contributed by atoms with Crippen molar-refractivity contribution in [2.45, 2.75) is 51.4 Å². The molecule has 0 aromatic heterocycles. The van der Waals surface area contributed by atoms with Crippen molar-refractivity contribution in [3.8, 4) is 0 Å². The normalized spacial score (nSPS) is 19.4. The Labute approximate surface area is 125 Å². The molecule has 1 aliphatic carbocycles. The number of aliphatic hydroxyl groups is 1. The van der Waals surface area contributed by atoms with Gasteiger partial charge in [0, 0.05) is 5.56 Å². The number of anilines is 1. The topological polar surface area (TPSA) is 66.4 Å². The van der Waals surface area contributed by atoms with Crippen LogP contribution in [0.3, 0.4) is 0 Å². The molecule has 6 heteroatoms. The van der Waals surface area contributed by atoms with Gasteiger partial charge in [0.2, 0.25) is 10.0 Å². The van der Waals surface area contributed by atoms with Crippen molar-refractivity contribution in [2.75, 3.05) is 4.72 Å². The van der Waals surface area contributed by atoms with Crippen LogP contribution < -0.4 is 4.72 Å². The number of para-hydroxylation sites is 1. The Morgan fingerprint density at radius 3 is 2.52 bits per heavy atom. The first kappa shape index (κ1) is 16.2. The zero-order valence-corrected chi connectivity index (χ0v) is 13.2. The summed E-state index contributed by atoms with van der Waals surface area (Å²) in [6.45, 7) is 3.85. The number of rotatable bonds is 4. The van der Waals surface area contributed by atoms with E-state index in [1.807, 2.05) is 0 Å². The highest BCUT2D eigenvalue weighted by Gasteiger charge is 2.34. The minimum absolute atomic E-state index is 0.134. The highest BCUT2D eigenvalue weighted by Crippen LogP contribution is 2.38. The van der Waals surface area contributed by atoms with E-state index in [9.17, 15) is 17.9 Å². The summed E-state index contributed by atoms with van der Waals surface area (Å²) in [4.78, 5) is 0. The molecule has 2 rings (SSSR count). The monoisotopic (exact) mass is 315 g/mol. The van der Waals surface area contributed by atoms with Crippen LogP contribution in [-0.4, -0.2) is 18.8 Å². The second kappa shape index (κ2) is 5.93. The van der Waals surface area contributed by atoms with Crippen LogP contribution in [0.5, 0.6) is 0 Å². The van der Waals surface area contributed by atoms with Gasteiger partial charge in [-0.1, -0.05) is 26.0 Å². The molecular formula is C15H22FNO3S. The molecule has 0 spiro atoms. The molecule has 2 N–H and O–H groups in total. The van der Waals surface area contributed by atoms with Gasteiger partial charge >= 0.3 is 0 Å². The van der Waals surface area contributed by atoms with Crippen LogP contribution in [0, 0.1) is 11.2 Å². The van der Waals surface area contributed by atoms with E-state index in [0.717, 1.165) is 12.8 Å². The lowest BCUT2D eigenvalue weighted by Crippen LogP contribution is -2.34. The molecule has 1 fully saturated rings. The molecule has 0 unspecified atom stereocenters. The van der Waals surface area contributed by atoms with Gasteiger partial charge in [-0.25, -0.2) is 12.8 Å². The van der Waals surface area contributed by atoms with E-state index in [-0.39, 0.29) is 16.7 Å². The van der Waals surface area contributed by atoms with Gasteiger partial charge in [-0.3, -0.25) is 4.72 Å². The number of halogens is 1. The van der Waals surface area contributed by atoms with Crippen molar-refractivity contribution in [3.05, 3.63) is 29.6 Å². The van der Waals surface area contributed by atoms with E-state index in [4.69, 9.17) is 0 Å². The number of nitrogens with one attached hydrogen (secondary N) is 1. The summed E-state index contributed by atoms with van der Waals surface area (Å²) < 4.78 is 41.0. The first-order valence-corrected chi connectivity index (χ1v) is 8.70. The molecule has 0 aliphatic heterocycles. The van der Waals surface area contributed by atoms with Gasteiger partial charge in [0.1, 0.15) is 5.82 Å². The molecular weight excluding hydrogens is 293 g/mol. The summed E-state index contributed by atoms with van der Waals surface area (Å²) in [7, 11) is -3.64. The van der Waals surface area contributed by atoms with Gasteiger partial charge in [-0.2, -0.15) is 0 Å². The third kappa shape index (κ3) is 3.74. The lowest BCUT2D eigenvalue weighted by molar-refractivity contribution is 0.246. The average molecular weight is 315 g/mol. The summed E-state index contributed by atoms with van der Waals surface area (Å²) in [6, 6.07) is 4.13. The standard InChI is InChI=1S/C15H22FNO3S/c1-15(2)8-6-12(7-9-15)21(19,20)17-14-11(10-18)4-3-5-13(14)16/h3-5,12,17-18H,6-10H2,1-2H3. The van der Waals surface area contributed by atoms with Gasteiger partial charge in [-0.15, -0.1) is 0 Å². The summed E-state index contributed by atoms with van der Waals surface area (Å²) in [5.74, 6) is -0.665. The second-order valence-corrected chi connectivity index (χ2v) is 8.40. The van der Waals surface area contributed by atoms with Gasteiger partial charge in [0.25, 0.3) is 0 Å². The van der Waals surface area contributed by atoms with Crippen LogP contribution in [0.4, 0.5) is 10.1 Å². The summed E-state index contributed by atoms with van der Waals surface area (Å²) >= 11 is 0. The van der Waals surface area contributed by atoms with Crippen molar-refractivity contribution < 1.29 is 17.9 Å². The van der Waals surface area contributed by atoms with E-state index in [1.165, 1.54) is 18.2 Å². The van der Waals surface area contributed by atoms with Gasteiger partial charge < -0.3 is 5.11 Å². The van der Waals surface area contributed by atoms with E-state index in [2.05, 4.69) is 18.6 Å². The molecule has 1 aromatic carbocycles. The smallest absolute Gasteiger partial charge is 0.235 e. The van der Waals surface area contributed by atoms with Crippen molar-refractivity contribution in [2.24, 2.45) is 5.41 Å². The van der Waals surface area contributed by atoms with Gasteiger partial charge in [0.15, 0.2) is 0 Å². The first-order valence-electron chi connectivity index (χ1n) is 7.15. The van der Waals surface area contributed by atoms with Crippen molar-refractivity contribution >= 4 is 15.7 Å². The highest BCUT2D eigenvalue weighted by atomic mass is 32.2.